The Morgan fingerprint density at radius 1 is 1.20 bits per heavy atom. The van der Waals surface area contributed by atoms with Gasteiger partial charge < -0.3 is 14.2 Å². The first-order valence-electron chi connectivity index (χ1n) is 7.37. The molecule has 0 aromatic rings. The van der Waals surface area contributed by atoms with Gasteiger partial charge in [-0.1, -0.05) is 5.57 Å². The maximum absolute atomic E-state index is 11.1. The lowest BCUT2D eigenvalue weighted by atomic mass is 9.94. The summed E-state index contributed by atoms with van der Waals surface area (Å²) in [5.41, 5.74) is 1.12. The van der Waals surface area contributed by atoms with Gasteiger partial charge in [0.1, 0.15) is 0 Å². The second kappa shape index (κ2) is 5.49. The van der Waals surface area contributed by atoms with Crippen LogP contribution in [0.5, 0.6) is 0 Å². The molecule has 4 heteroatoms. The molecule has 0 unspecified atom stereocenters. The number of ether oxygens (including phenoxy) is 3. The molecule has 0 spiro atoms. The Kier molecular flexibility index (Phi) is 4.26. The van der Waals surface area contributed by atoms with Crippen LogP contribution in [-0.2, 0) is 19.0 Å². The van der Waals surface area contributed by atoms with Crippen molar-refractivity contribution < 1.29 is 19.0 Å². The monoisotopic (exact) mass is 282 g/mol. The van der Waals surface area contributed by atoms with E-state index in [-0.39, 0.29) is 17.2 Å². The van der Waals surface area contributed by atoms with E-state index in [1.165, 1.54) is 7.11 Å². The van der Waals surface area contributed by atoms with Crippen molar-refractivity contribution in [3.05, 3.63) is 11.6 Å². The number of epoxide rings is 2. The highest BCUT2D eigenvalue weighted by Gasteiger charge is 2.54. The molecule has 0 bridgehead atoms. The van der Waals surface area contributed by atoms with Crippen LogP contribution in [0.1, 0.15) is 53.4 Å². The van der Waals surface area contributed by atoms with E-state index in [0.29, 0.717) is 12.2 Å². The van der Waals surface area contributed by atoms with Crippen molar-refractivity contribution in [1.82, 2.24) is 0 Å². The molecule has 20 heavy (non-hydrogen) atoms. The zero-order valence-corrected chi connectivity index (χ0v) is 13.2. The number of hydrogen-bond donors (Lipinski definition) is 0. The lowest BCUT2D eigenvalue weighted by Gasteiger charge is -2.05. The molecule has 0 saturated carbocycles. The standard InChI is InChI=1S/C16H26O4/c1-11(10-14(17)18-5)6-7-13-16(4,20-13)9-8-12-15(2,3)19-12/h10,12-13H,6-9H2,1-5H3/b11-10+/t12-,13-,16-/m0/s1. The van der Waals surface area contributed by atoms with Crippen molar-refractivity contribution in [2.45, 2.75) is 76.8 Å². The third kappa shape index (κ3) is 3.83. The highest BCUT2D eigenvalue weighted by atomic mass is 16.6. The van der Waals surface area contributed by atoms with Crippen molar-refractivity contribution in [1.29, 1.82) is 0 Å². The molecule has 0 N–H and O–H groups in total. The number of esters is 1. The molecular weight excluding hydrogens is 256 g/mol. The fraction of sp³-hybridized carbons (Fsp3) is 0.812. The lowest BCUT2D eigenvalue weighted by molar-refractivity contribution is -0.134. The average molecular weight is 282 g/mol. The molecule has 114 valence electrons. The van der Waals surface area contributed by atoms with Crippen LogP contribution in [0.15, 0.2) is 11.6 Å². The van der Waals surface area contributed by atoms with Crippen LogP contribution in [0.3, 0.4) is 0 Å². The number of rotatable bonds is 7. The van der Waals surface area contributed by atoms with E-state index < -0.39 is 0 Å². The Hall–Kier alpha value is -0.870. The summed E-state index contributed by atoms with van der Waals surface area (Å²) in [6.45, 7) is 8.39. The molecule has 0 amide bonds. The van der Waals surface area contributed by atoms with Crippen molar-refractivity contribution in [2.75, 3.05) is 7.11 Å². The molecule has 0 aromatic heterocycles. The third-order valence-electron chi connectivity index (χ3n) is 4.47. The first-order valence-corrected chi connectivity index (χ1v) is 7.37. The van der Waals surface area contributed by atoms with Crippen molar-refractivity contribution >= 4 is 5.97 Å². The minimum atomic E-state index is -0.282. The van der Waals surface area contributed by atoms with E-state index >= 15 is 0 Å². The Morgan fingerprint density at radius 3 is 2.40 bits per heavy atom. The van der Waals surface area contributed by atoms with Gasteiger partial charge in [-0.25, -0.2) is 4.79 Å². The Bertz CT molecular complexity index is 413. The number of carbonyl (C=O) groups excluding carboxylic acids is 1. The summed E-state index contributed by atoms with van der Waals surface area (Å²) < 4.78 is 16.0. The second-order valence-electron chi connectivity index (χ2n) is 6.72. The minimum Gasteiger partial charge on any atom is -0.466 e. The highest BCUT2D eigenvalue weighted by molar-refractivity contribution is 5.82. The smallest absolute Gasteiger partial charge is 0.330 e. The fourth-order valence-corrected chi connectivity index (χ4v) is 2.72. The van der Waals surface area contributed by atoms with E-state index in [1.54, 1.807) is 6.08 Å². The van der Waals surface area contributed by atoms with Gasteiger partial charge in [-0.3, -0.25) is 0 Å². The van der Waals surface area contributed by atoms with Gasteiger partial charge in [0.15, 0.2) is 0 Å². The van der Waals surface area contributed by atoms with Crippen LogP contribution in [0, 0.1) is 0 Å². The molecule has 2 aliphatic rings. The van der Waals surface area contributed by atoms with E-state index in [0.717, 1.165) is 31.3 Å². The number of allylic oxidation sites excluding steroid dienone is 1. The van der Waals surface area contributed by atoms with E-state index in [4.69, 9.17) is 9.47 Å². The molecule has 2 rings (SSSR count). The summed E-state index contributed by atoms with van der Waals surface area (Å²) in [4.78, 5) is 11.1. The minimum absolute atomic E-state index is 0.00752. The van der Waals surface area contributed by atoms with Gasteiger partial charge in [0.25, 0.3) is 0 Å². The first kappa shape index (κ1) is 15.5. The average Bonchev–Trinajstić information content (AvgIpc) is 3.21. The fourth-order valence-electron chi connectivity index (χ4n) is 2.72. The van der Waals surface area contributed by atoms with E-state index in [9.17, 15) is 4.79 Å². The maximum atomic E-state index is 11.1. The summed E-state index contributed by atoms with van der Waals surface area (Å²) in [7, 11) is 1.40. The molecule has 0 radical (unpaired) electrons. The zero-order chi connectivity index (χ0) is 15.0. The van der Waals surface area contributed by atoms with Crippen LogP contribution in [-0.4, -0.2) is 36.5 Å². The molecule has 4 nitrogen and oxygen atoms in total. The normalized spacial score (nSPS) is 34.8. The van der Waals surface area contributed by atoms with Gasteiger partial charge in [0.2, 0.25) is 0 Å². The summed E-state index contributed by atoms with van der Waals surface area (Å²) in [5, 5.41) is 0. The highest BCUT2D eigenvalue weighted by Crippen LogP contribution is 2.47. The second-order valence-corrected chi connectivity index (χ2v) is 6.72. The summed E-state index contributed by atoms with van der Waals surface area (Å²) in [5.74, 6) is -0.282. The van der Waals surface area contributed by atoms with Crippen molar-refractivity contribution in [3.8, 4) is 0 Å². The zero-order valence-electron chi connectivity index (χ0n) is 13.2. The van der Waals surface area contributed by atoms with Gasteiger partial charge in [-0.2, -0.15) is 0 Å². The SMILES string of the molecule is COC(=O)/C=C(\C)CC[C@@H]1O[C@@]1(C)CC[C@@H]1OC1(C)C. The summed E-state index contributed by atoms with van der Waals surface area (Å²) >= 11 is 0. The predicted octanol–water partition coefficient (Wildman–Crippen LogP) is 3.00. The van der Waals surface area contributed by atoms with Crippen LogP contribution in [0.2, 0.25) is 0 Å². The van der Waals surface area contributed by atoms with Crippen LogP contribution >= 0.6 is 0 Å². The van der Waals surface area contributed by atoms with Gasteiger partial charge in [0.05, 0.1) is 30.5 Å². The Morgan fingerprint density at radius 2 is 1.85 bits per heavy atom. The third-order valence-corrected chi connectivity index (χ3v) is 4.47. The molecule has 2 saturated heterocycles. The van der Waals surface area contributed by atoms with Gasteiger partial charge >= 0.3 is 5.97 Å². The van der Waals surface area contributed by atoms with Gasteiger partial charge in [0, 0.05) is 6.08 Å². The van der Waals surface area contributed by atoms with E-state index in [2.05, 4.69) is 25.5 Å². The van der Waals surface area contributed by atoms with Crippen LogP contribution in [0.4, 0.5) is 0 Å². The van der Waals surface area contributed by atoms with Gasteiger partial charge in [-0.15, -0.1) is 0 Å². The van der Waals surface area contributed by atoms with Gasteiger partial charge in [-0.05, 0) is 53.4 Å². The number of carbonyl (C=O) groups is 1. The van der Waals surface area contributed by atoms with Crippen molar-refractivity contribution in [2.24, 2.45) is 0 Å². The number of hydrogen-bond acceptors (Lipinski definition) is 4. The Balaban J connectivity index is 1.66. The predicted molar refractivity (Wildman–Crippen MR) is 76.5 cm³/mol. The maximum Gasteiger partial charge on any atom is 0.330 e. The molecule has 2 aliphatic heterocycles. The number of methoxy groups -OCH3 is 1. The summed E-state index contributed by atoms with van der Waals surface area (Å²) in [6.07, 6.45) is 6.21. The Labute approximate surface area is 121 Å². The lowest BCUT2D eigenvalue weighted by Crippen LogP contribution is -2.13. The molecule has 0 aliphatic carbocycles. The first-order chi connectivity index (χ1) is 9.27. The van der Waals surface area contributed by atoms with E-state index in [1.807, 2.05) is 6.92 Å². The quantitative estimate of drug-likeness (QED) is 0.409. The largest absolute Gasteiger partial charge is 0.466 e. The topological polar surface area (TPSA) is 51.4 Å². The molecule has 2 fully saturated rings. The van der Waals surface area contributed by atoms with Crippen LogP contribution in [0.25, 0.3) is 0 Å². The molecular formula is C16H26O4. The molecule has 2 heterocycles. The summed E-state index contributed by atoms with van der Waals surface area (Å²) in [6, 6.07) is 0. The van der Waals surface area contributed by atoms with Crippen LogP contribution < -0.4 is 0 Å². The molecule has 3 atom stereocenters. The molecule has 0 aromatic carbocycles. The van der Waals surface area contributed by atoms with Crippen molar-refractivity contribution in [3.63, 3.8) is 0 Å².